The zero-order chi connectivity index (χ0) is 15.2. The minimum absolute atomic E-state index is 0.109. The summed E-state index contributed by atoms with van der Waals surface area (Å²) in [5.74, 6) is 0. The molecule has 0 amide bonds. The number of non-ortho nitro benzene ring substituents is 1. The van der Waals surface area contributed by atoms with E-state index in [0.717, 1.165) is 11.3 Å². The predicted octanol–water partition coefficient (Wildman–Crippen LogP) is 3.36. The van der Waals surface area contributed by atoms with Gasteiger partial charge in [-0.05, 0) is 12.1 Å². The second-order valence-electron chi connectivity index (χ2n) is 4.31. The Morgan fingerprint density at radius 3 is 2.71 bits per heavy atom. The molecule has 0 heterocycles. The van der Waals surface area contributed by atoms with Gasteiger partial charge in [0.2, 0.25) is 0 Å². The molecule has 0 aromatic heterocycles. The molecule has 0 spiro atoms. The average Bonchev–Trinajstić information content (AvgIpc) is 2.49. The van der Waals surface area contributed by atoms with Crippen molar-refractivity contribution in [2.24, 2.45) is 0 Å². The Morgan fingerprint density at radius 2 is 2.05 bits per heavy atom. The normalized spacial score (nSPS) is 9.90. The van der Waals surface area contributed by atoms with Crippen molar-refractivity contribution in [2.75, 3.05) is 12.4 Å². The smallest absolute Gasteiger partial charge is 0.270 e. The molecule has 0 radical (unpaired) electrons. The third-order valence-corrected chi connectivity index (χ3v) is 2.92. The molecule has 0 aliphatic rings. The van der Waals surface area contributed by atoms with Crippen LogP contribution in [0.2, 0.25) is 0 Å². The molecule has 0 saturated heterocycles. The van der Waals surface area contributed by atoms with E-state index in [2.05, 4.69) is 5.32 Å². The number of anilines is 2. The lowest BCUT2D eigenvalue weighted by molar-refractivity contribution is -0.384. The molecular weight excluding hydrogens is 270 g/mol. The van der Waals surface area contributed by atoms with Crippen LogP contribution in [-0.2, 0) is 11.3 Å². The third-order valence-electron chi connectivity index (χ3n) is 2.92. The Labute approximate surface area is 121 Å². The first-order valence-electron chi connectivity index (χ1n) is 6.18. The van der Waals surface area contributed by atoms with Gasteiger partial charge in [-0.3, -0.25) is 10.1 Å². The van der Waals surface area contributed by atoms with Crippen LogP contribution in [0.4, 0.5) is 17.1 Å². The largest absolute Gasteiger partial charge is 0.380 e. The number of nitriles is 1. The van der Waals surface area contributed by atoms with Gasteiger partial charge >= 0.3 is 0 Å². The summed E-state index contributed by atoms with van der Waals surface area (Å²) >= 11 is 0. The fraction of sp³-hybridized carbons (Fsp3) is 0.133. The second-order valence-corrected chi connectivity index (χ2v) is 4.31. The molecule has 2 rings (SSSR count). The van der Waals surface area contributed by atoms with Crippen molar-refractivity contribution in [2.45, 2.75) is 6.61 Å². The Morgan fingerprint density at radius 1 is 1.29 bits per heavy atom. The van der Waals surface area contributed by atoms with Crippen LogP contribution in [0.1, 0.15) is 11.1 Å². The lowest BCUT2D eigenvalue weighted by Gasteiger charge is -2.12. The molecule has 0 aliphatic heterocycles. The topological polar surface area (TPSA) is 88.2 Å². The number of para-hydroxylation sites is 1. The van der Waals surface area contributed by atoms with Crippen LogP contribution < -0.4 is 5.32 Å². The second kappa shape index (κ2) is 6.50. The molecule has 1 N–H and O–H groups in total. The summed E-state index contributed by atoms with van der Waals surface area (Å²) < 4.78 is 5.12. The summed E-state index contributed by atoms with van der Waals surface area (Å²) in [7, 11) is 1.60. The monoisotopic (exact) mass is 283 g/mol. The molecule has 0 saturated carbocycles. The fourth-order valence-corrected chi connectivity index (χ4v) is 1.92. The van der Waals surface area contributed by atoms with E-state index in [4.69, 9.17) is 10.00 Å². The first kappa shape index (κ1) is 14.5. The minimum Gasteiger partial charge on any atom is -0.380 e. The van der Waals surface area contributed by atoms with Crippen LogP contribution in [0.25, 0.3) is 0 Å². The Hall–Kier alpha value is -2.91. The van der Waals surface area contributed by atoms with E-state index in [1.165, 1.54) is 18.2 Å². The van der Waals surface area contributed by atoms with E-state index >= 15 is 0 Å². The molecule has 0 unspecified atom stereocenters. The molecule has 2 aromatic carbocycles. The van der Waals surface area contributed by atoms with E-state index in [9.17, 15) is 10.1 Å². The van der Waals surface area contributed by atoms with Gasteiger partial charge in [0.15, 0.2) is 0 Å². The number of benzene rings is 2. The number of hydrogen-bond acceptors (Lipinski definition) is 5. The highest BCUT2D eigenvalue weighted by Crippen LogP contribution is 2.26. The highest BCUT2D eigenvalue weighted by atomic mass is 16.6. The number of rotatable bonds is 5. The number of nitro benzene ring substituents is 1. The molecular formula is C15H13N3O3. The van der Waals surface area contributed by atoms with Crippen molar-refractivity contribution in [3.63, 3.8) is 0 Å². The maximum Gasteiger partial charge on any atom is 0.270 e. The van der Waals surface area contributed by atoms with Crippen LogP contribution >= 0.6 is 0 Å². The Balaban J connectivity index is 2.36. The maximum atomic E-state index is 10.7. The van der Waals surface area contributed by atoms with Crippen molar-refractivity contribution < 1.29 is 9.66 Å². The van der Waals surface area contributed by atoms with Crippen molar-refractivity contribution in [1.82, 2.24) is 0 Å². The van der Waals surface area contributed by atoms with E-state index < -0.39 is 4.92 Å². The molecule has 6 nitrogen and oxygen atoms in total. The van der Waals surface area contributed by atoms with Crippen LogP contribution in [0.5, 0.6) is 0 Å². The van der Waals surface area contributed by atoms with Crippen molar-refractivity contribution >= 4 is 17.1 Å². The van der Waals surface area contributed by atoms with Crippen molar-refractivity contribution in [3.8, 4) is 6.07 Å². The van der Waals surface area contributed by atoms with Crippen LogP contribution in [-0.4, -0.2) is 12.0 Å². The van der Waals surface area contributed by atoms with Gasteiger partial charge in [0.05, 0.1) is 22.8 Å². The molecule has 0 bridgehead atoms. The van der Waals surface area contributed by atoms with Crippen LogP contribution in [0, 0.1) is 21.4 Å². The van der Waals surface area contributed by atoms with Gasteiger partial charge < -0.3 is 10.1 Å². The summed E-state index contributed by atoms with van der Waals surface area (Å²) in [6, 6.07) is 13.6. The highest BCUT2D eigenvalue weighted by Gasteiger charge is 2.11. The SMILES string of the molecule is COCc1ccccc1Nc1ccc([N+](=O)[O-])cc1C#N. The summed E-state index contributed by atoms with van der Waals surface area (Å²) in [5.41, 5.74) is 2.36. The quantitative estimate of drug-likeness (QED) is 0.671. The van der Waals surface area contributed by atoms with Gasteiger partial charge in [-0.2, -0.15) is 5.26 Å². The van der Waals surface area contributed by atoms with Gasteiger partial charge in [-0.15, -0.1) is 0 Å². The fourth-order valence-electron chi connectivity index (χ4n) is 1.92. The van der Waals surface area contributed by atoms with Crippen LogP contribution in [0.15, 0.2) is 42.5 Å². The first-order chi connectivity index (χ1) is 10.2. The Bertz CT molecular complexity index is 708. The standard InChI is InChI=1S/C15H13N3O3/c1-21-10-11-4-2-3-5-14(11)17-15-7-6-13(18(19)20)8-12(15)9-16/h2-8,17H,10H2,1H3. The summed E-state index contributed by atoms with van der Waals surface area (Å²) in [5, 5.41) is 23.0. The van der Waals surface area contributed by atoms with Crippen molar-refractivity contribution in [3.05, 3.63) is 63.7 Å². The number of nitro groups is 1. The Kier molecular flexibility index (Phi) is 4.49. The molecule has 0 atom stereocenters. The lowest BCUT2D eigenvalue weighted by atomic mass is 10.1. The van der Waals surface area contributed by atoms with Gasteiger partial charge in [-0.25, -0.2) is 0 Å². The van der Waals surface area contributed by atoms with E-state index in [1.807, 2.05) is 30.3 Å². The third kappa shape index (κ3) is 3.35. The van der Waals surface area contributed by atoms with Gasteiger partial charge in [0.25, 0.3) is 5.69 Å². The van der Waals surface area contributed by atoms with Gasteiger partial charge in [0.1, 0.15) is 6.07 Å². The number of nitrogens with zero attached hydrogens (tertiary/aromatic N) is 2. The van der Waals surface area contributed by atoms with Crippen molar-refractivity contribution in [1.29, 1.82) is 5.26 Å². The molecule has 21 heavy (non-hydrogen) atoms. The van der Waals surface area contributed by atoms with E-state index in [1.54, 1.807) is 7.11 Å². The summed E-state index contributed by atoms with van der Waals surface area (Å²) in [6.07, 6.45) is 0. The highest BCUT2D eigenvalue weighted by molar-refractivity contribution is 5.70. The predicted molar refractivity (Wildman–Crippen MR) is 78.2 cm³/mol. The molecule has 0 fully saturated rings. The van der Waals surface area contributed by atoms with E-state index in [-0.39, 0.29) is 11.3 Å². The number of nitrogens with one attached hydrogen (secondary N) is 1. The lowest BCUT2D eigenvalue weighted by Crippen LogP contribution is -1.99. The average molecular weight is 283 g/mol. The van der Waals surface area contributed by atoms with E-state index in [0.29, 0.717) is 12.3 Å². The molecule has 106 valence electrons. The number of hydrogen-bond donors (Lipinski definition) is 1. The summed E-state index contributed by atoms with van der Waals surface area (Å²) in [6.45, 7) is 0.429. The number of methoxy groups -OCH3 is 1. The molecule has 2 aromatic rings. The first-order valence-corrected chi connectivity index (χ1v) is 6.18. The number of ether oxygens (including phenoxy) is 1. The zero-order valence-electron chi connectivity index (χ0n) is 11.4. The zero-order valence-corrected chi connectivity index (χ0v) is 11.4. The molecule has 6 heteroatoms. The van der Waals surface area contributed by atoms with Gasteiger partial charge in [0, 0.05) is 30.5 Å². The maximum absolute atomic E-state index is 10.7. The van der Waals surface area contributed by atoms with Gasteiger partial charge in [-0.1, -0.05) is 18.2 Å². The molecule has 0 aliphatic carbocycles. The van der Waals surface area contributed by atoms with Crippen LogP contribution in [0.3, 0.4) is 0 Å². The minimum atomic E-state index is -0.524. The summed E-state index contributed by atoms with van der Waals surface area (Å²) in [4.78, 5) is 10.2.